The second kappa shape index (κ2) is 7.45. The van der Waals surface area contributed by atoms with Crippen LogP contribution in [0.5, 0.6) is 0 Å². The van der Waals surface area contributed by atoms with Gasteiger partial charge in [-0.3, -0.25) is 4.79 Å². The van der Waals surface area contributed by atoms with E-state index in [2.05, 4.69) is 29.6 Å². The molecule has 0 saturated heterocycles. The van der Waals surface area contributed by atoms with Crippen LogP contribution in [0.1, 0.15) is 11.1 Å². The zero-order valence-electron chi connectivity index (χ0n) is 12.9. The maximum absolute atomic E-state index is 12.0. The molecule has 0 atom stereocenters. The molecule has 0 aliphatic carbocycles. The molecule has 1 amide bonds. The fourth-order valence-electron chi connectivity index (χ4n) is 2.47. The third-order valence-electron chi connectivity index (χ3n) is 3.74. The summed E-state index contributed by atoms with van der Waals surface area (Å²) in [5.74, 6) is 0.0426. The number of amides is 1. The fraction of sp³-hybridized carbons (Fsp3) is 0.150. The topological polar surface area (TPSA) is 42.2 Å². The molecule has 0 bridgehead atoms. The maximum atomic E-state index is 12.0. The summed E-state index contributed by atoms with van der Waals surface area (Å²) in [6.45, 7) is 0.625. The lowest BCUT2D eigenvalue weighted by Crippen LogP contribution is -2.27. The monoisotopic (exact) mass is 305 g/mol. The summed E-state index contributed by atoms with van der Waals surface area (Å²) >= 11 is 0. The molecule has 1 N–H and O–H groups in total. The molecular weight excluding hydrogens is 286 g/mol. The Morgan fingerprint density at radius 3 is 2.30 bits per heavy atom. The molecule has 23 heavy (non-hydrogen) atoms. The highest BCUT2D eigenvalue weighted by Gasteiger charge is 2.04. The zero-order valence-corrected chi connectivity index (χ0v) is 12.9. The van der Waals surface area contributed by atoms with Crippen LogP contribution in [-0.4, -0.2) is 12.5 Å². The fourth-order valence-corrected chi connectivity index (χ4v) is 2.47. The van der Waals surface area contributed by atoms with Crippen LogP contribution in [0, 0.1) is 0 Å². The van der Waals surface area contributed by atoms with Gasteiger partial charge in [-0.15, -0.1) is 0 Å². The van der Waals surface area contributed by atoms with Crippen LogP contribution in [-0.2, 0) is 17.6 Å². The molecule has 3 rings (SSSR count). The number of furan rings is 1. The van der Waals surface area contributed by atoms with Gasteiger partial charge in [-0.2, -0.15) is 0 Å². The average molecular weight is 305 g/mol. The lowest BCUT2D eigenvalue weighted by molar-refractivity contribution is -0.120. The molecule has 0 unspecified atom stereocenters. The van der Waals surface area contributed by atoms with E-state index in [0.29, 0.717) is 13.0 Å². The van der Waals surface area contributed by atoms with Crippen molar-refractivity contribution in [2.24, 2.45) is 0 Å². The summed E-state index contributed by atoms with van der Waals surface area (Å²) in [4.78, 5) is 12.0. The van der Waals surface area contributed by atoms with Gasteiger partial charge < -0.3 is 9.73 Å². The van der Waals surface area contributed by atoms with E-state index < -0.39 is 0 Å². The van der Waals surface area contributed by atoms with E-state index >= 15 is 0 Å². The number of hydrogen-bond donors (Lipinski definition) is 1. The third-order valence-corrected chi connectivity index (χ3v) is 3.74. The van der Waals surface area contributed by atoms with Crippen molar-refractivity contribution >= 4 is 5.91 Å². The van der Waals surface area contributed by atoms with Crippen molar-refractivity contribution in [1.29, 1.82) is 0 Å². The Bertz CT molecular complexity index is 731. The number of nitrogens with one attached hydrogen (secondary N) is 1. The summed E-state index contributed by atoms with van der Waals surface area (Å²) < 4.78 is 5.00. The predicted octanol–water partition coefficient (Wildman–Crippen LogP) is 3.85. The van der Waals surface area contributed by atoms with Crippen LogP contribution in [0.25, 0.3) is 11.1 Å². The molecule has 3 aromatic rings. The SMILES string of the molecule is O=C(Cc1ccc(-c2ccccc2)cc1)NCCc1ccoc1. The molecule has 1 heterocycles. The average Bonchev–Trinajstić information content (AvgIpc) is 3.10. The lowest BCUT2D eigenvalue weighted by Gasteiger charge is -2.06. The second-order valence-electron chi connectivity index (χ2n) is 5.47. The number of benzene rings is 2. The Labute approximate surface area is 136 Å². The van der Waals surface area contributed by atoms with Crippen molar-refractivity contribution in [2.45, 2.75) is 12.8 Å². The number of hydrogen-bond acceptors (Lipinski definition) is 2. The highest BCUT2D eigenvalue weighted by Crippen LogP contribution is 2.19. The maximum Gasteiger partial charge on any atom is 0.224 e. The summed E-state index contributed by atoms with van der Waals surface area (Å²) in [6, 6.07) is 20.3. The first-order valence-corrected chi connectivity index (χ1v) is 7.73. The molecule has 3 heteroatoms. The van der Waals surface area contributed by atoms with Gasteiger partial charge in [0.1, 0.15) is 0 Å². The van der Waals surface area contributed by atoms with Crippen molar-refractivity contribution in [3.05, 3.63) is 84.3 Å². The molecule has 116 valence electrons. The van der Waals surface area contributed by atoms with Crippen LogP contribution < -0.4 is 5.32 Å². The number of carbonyl (C=O) groups is 1. The third kappa shape index (κ3) is 4.33. The Kier molecular flexibility index (Phi) is 4.89. The van der Waals surface area contributed by atoms with Crippen molar-refractivity contribution in [2.75, 3.05) is 6.54 Å². The van der Waals surface area contributed by atoms with Crippen molar-refractivity contribution < 1.29 is 9.21 Å². The van der Waals surface area contributed by atoms with E-state index in [9.17, 15) is 4.79 Å². The van der Waals surface area contributed by atoms with E-state index in [1.54, 1.807) is 12.5 Å². The molecule has 0 aliphatic rings. The summed E-state index contributed by atoms with van der Waals surface area (Å²) in [7, 11) is 0. The second-order valence-corrected chi connectivity index (χ2v) is 5.47. The zero-order chi connectivity index (χ0) is 15.9. The summed E-state index contributed by atoms with van der Waals surface area (Å²) in [6.07, 6.45) is 4.54. The molecule has 0 saturated carbocycles. The minimum Gasteiger partial charge on any atom is -0.472 e. The number of rotatable bonds is 6. The largest absolute Gasteiger partial charge is 0.472 e. The van der Waals surface area contributed by atoms with Gasteiger partial charge >= 0.3 is 0 Å². The first-order chi connectivity index (χ1) is 11.3. The van der Waals surface area contributed by atoms with E-state index in [-0.39, 0.29) is 5.91 Å². The molecule has 2 aromatic carbocycles. The van der Waals surface area contributed by atoms with E-state index in [4.69, 9.17) is 4.42 Å². The Balaban J connectivity index is 1.50. The van der Waals surface area contributed by atoms with Crippen LogP contribution in [0.3, 0.4) is 0 Å². The van der Waals surface area contributed by atoms with Gasteiger partial charge in [0, 0.05) is 6.54 Å². The van der Waals surface area contributed by atoms with Gasteiger partial charge in [0.2, 0.25) is 5.91 Å². The van der Waals surface area contributed by atoms with Gasteiger partial charge in [0.25, 0.3) is 0 Å². The first kappa shape index (κ1) is 15.1. The molecule has 3 nitrogen and oxygen atoms in total. The van der Waals surface area contributed by atoms with Crippen LogP contribution in [0.2, 0.25) is 0 Å². The molecule has 0 radical (unpaired) electrons. The standard InChI is InChI=1S/C20H19NO2/c22-20(21-12-10-17-11-13-23-15-17)14-16-6-8-19(9-7-16)18-4-2-1-3-5-18/h1-9,11,13,15H,10,12,14H2,(H,21,22). The Hall–Kier alpha value is -2.81. The van der Waals surface area contributed by atoms with Gasteiger partial charge in [0.05, 0.1) is 18.9 Å². The first-order valence-electron chi connectivity index (χ1n) is 7.73. The minimum absolute atomic E-state index is 0.0426. The number of carbonyl (C=O) groups excluding carboxylic acids is 1. The Morgan fingerprint density at radius 1 is 0.870 bits per heavy atom. The summed E-state index contributed by atoms with van der Waals surface area (Å²) in [5.41, 5.74) is 4.46. The molecular formula is C20H19NO2. The van der Waals surface area contributed by atoms with Crippen molar-refractivity contribution in [3.8, 4) is 11.1 Å². The lowest BCUT2D eigenvalue weighted by atomic mass is 10.0. The Morgan fingerprint density at radius 2 is 1.61 bits per heavy atom. The van der Waals surface area contributed by atoms with Gasteiger partial charge in [-0.25, -0.2) is 0 Å². The molecule has 1 aromatic heterocycles. The summed E-state index contributed by atoms with van der Waals surface area (Å²) in [5, 5.41) is 2.94. The van der Waals surface area contributed by atoms with Crippen LogP contribution >= 0.6 is 0 Å². The van der Waals surface area contributed by atoms with Crippen LogP contribution in [0.4, 0.5) is 0 Å². The highest BCUT2D eigenvalue weighted by molar-refractivity contribution is 5.78. The minimum atomic E-state index is 0.0426. The van der Waals surface area contributed by atoms with Gasteiger partial charge in [-0.05, 0) is 34.7 Å². The quantitative estimate of drug-likeness (QED) is 0.751. The highest BCUT2D eigenvalue weighted by atomic mass is 16.3. The van der Waals surface area contributed by atoms with Crippen LogP contribution in [0.15, 0.2) is 77.6 Å². The van der Waals surface area contributed by atoms with E-state index in [0.717, 1.165) is 23.1 Å². The van der Waals surface area contributed by atoms with E-state index in [1.807, 2.05) is 36.4 Å². The molecule has 0 fully saturated rings. The van der Waals surface area contributed by atoms with Gasteiger partial charge in [-0.1, -0.05) is 54.6 Å². The normalized spacial score (nSPS) is 10.4. The predicted molar refractivity (Wildman–Crippen MR) is 91.0 cm³/mol. The van der Waals surface area contributed by atoms with Crippen molar-refractivity contribution in [3.63, 3.8) is 0 Å². The smallest absolute Gasteiger partial charge is 0.224 e. The van der Waals surface area contributed by atoms with Crippen molar-refractivity contribution in [1.82, 2.24) is 5.32 Å². The van der Waals surface area contributed by atoms with Gasteiger partial charge in [0.15, 0.2) is 0 Å². The molecule has 0 spiro atoms. The molecule has 0 aliphatic heterocycles. The van der Waals surface area contributed by atoms with E-state index in [1.165, 1.54) is 5.56 Å².